The summed E-state index contributed by atoms with van der Waals surface area (Å²) in [5.74, 6) is 2.40. The molecule has 0 fully saturated rings. The number of hydrogen-bond donors (Lipinski definition) is 0. The van der Waals surface area contributed by atoms with Gasteiger partial charge in [-0.2, -0.15) is 0 Å². The first kappa shape index (κ1) is 19.5. The van der Waals surface area contributed by atoms with E-state index >= 15 is 0 Å². The lowest BCUT2D eigenvalue weighted by Crippen LogP contribution is -2.15. The third kappa shape index (κ3) is 4.05. The number of rotatable bonds is 5. The number of oxazole rings is 1. The SMILES string of the molecule is C#CCOc1cc(-n2c(SCC)c(C(C)(C)C)oc2=O)c(F)cc1Cl. The van der Waals surface area contributed by atoms with Gasteiger partial charge in [-0.1, -0.05) is 45.2 Å². The van der Waals surface area contributed by atoms with Crippen molar-refractivity contribution >= 4 is 23.4 Å². The van der Waals surface area contributed by atoms with Crippen LogP contribution in [0.1, 0.15) is 33.5 Å². The van der Waals surface area contributed by atoms with Gasteiger partial charge in [-0.25, -0.2) is 13.8 Å². The molecular weight excluding hydrogens is 365 g/mol. The molecule has 7 heteroatoms. The number of hydrogen-bond acceptors (Lipinski definition) is 4. The van der Waals surface area contributed by atoms with Crippen molar-refractivity contribution in [3.8, 4) is 23.8 Å². The number of halogens is 2. The number of ether oxygens (including phenoxy) is 1. The largest absolute Gasteiger partial charge is 0.479 e. The van der Waals surface area contributed by atoms with Crippen molar-refractivity contribution in [3.05, 3.63) is 39.3 Å². The Labute approximate surface area is 155 Å². The summed E-state index contributed by atoms with van der Waals surface area (Å²) in [4.78, 5) is 12.5. The Balaban J connectivity index is 2.72. The van der Waals surface area contributed by atoms with Crippen molar-refractivity contribution in [2.24, 2.45) is 0 Å². The van der Waals surface area contributed by atoms with E-state index in [-0.39, 0.29) is 23.1 Å². The van der Waals surface area contributed by atoms with Gasteiger partial charge >= 0.3 is 5.76 Å². The molecule has 0 N–H and O–H groups in total. The quantitative estimate of drug-likeness (QED) is 0.557. The van der Waals surface area contributed by atoms with Crippen LogP contribution in [0, 0.1) is 18.2 Å². The molecule has 2 rings (SSSR count). The Hall–Kier alpha value is -1.84. The van der Waals surface area contributed by atoms with Gasteiger partial charge in [-0.05, 0) is 11.8 Å². The highest BCUT2D eigenvalue weighted by Gasteiger charge is 2.29. The van der Waals surface area contributed by atoms with Crippen molar-refractivity contribution < 1.29 is 13.5 Å². The van der Waals surface area contributed by atoms with E-state index in [1.165, 1.54) is 22.4 Å². The van der Waals surface area contributed by atoms with Crippen molar-refractivity contribution in [1.82, 2.24) is 4.57 Å². The van der Waals surface area contributed by atoms with Crippen LogP contribution in [-0.2, 0) is 5.41 Å². The zero-order valence-electron chi connectivity index (χ0n) is 14.5. The van der Waals surface area contributed by atoms with Crippen molar-refractivity contribution in [1.29, 1.82) is 0 Å². The van der Waals surface area contributed by atoms with Crippen LogP contribution < -0.4 is 10.5 Å². The van der Waals surface area contributed by atoms with Crippen molar-refractivity contribution in [3.63, 3.8) is 0 Å². The van der Waals surface area contributed by atoms with Gasteiger partial charge in [0, 0.05) is 11.5 Å². The molecule has 4 nitrogen and oxygen atoms in total. The lowest BCUT2D eigenvalue weighted by molar-refractivity contribution is 0.369. The standard InChI is InChI=1S/C18H19ClFNO3S/c1-6-8-23-14-10-13(12(20)9-11(14)19)21-16(25-7-2)15(18(3,4)5)24-17(21)22/h1,9-10H,7-8H2,2-5H3. The average molecular weight is 384 g/mol. The average Bonchev–Trinajstić information content (AvgIpc) is 2.84. The molecule has 0 amide bonds. The topological polar surface area (TPSA) is 44.4 Å². The van der Waals surface area contributed by atoms with Crippen LogP contribution in [0.2, 0.25) is 5.02 Å². The lowest BCUT2D eigenvalue weighted by atomic mass is 9.94. The van der Waals surface area contributed by atoms with Crippen molar-refractivity contribution in [2.75, 3.05) is 12.4 Å². The fourth-order valence-corrected chi connectivity index (χ4v) is 3.49. The molecule has 1 aromatic heterocycles. The van der Waals surface area contributed by atoms with E-state index in [2.05, 4.69) is 5.92 Å². The van der Waals surface area contributed by atoms with E-state index in [1.54, 1.807) is 0 Å². The highest BCUT2D eigenvalue weighted by atomic mass is 35.5. The Morgan fingerprint density at radius 1 is 1.44 bits per heavy atom. The van der Waals surface area contributed by atoms with Gasteiger partial charge in [0.1, 0.15) is 29.0 Å². The molecule has 0 unspecified atom stereocenters. The molecule has 0 bridgehead atoms. The fourth-order valence-electron chi connectivity index (χ4n) is 2.23. The van der Waals surface area contributed by atoms with Crippen LogP contribution in [0.15, 0.2) is 26.4 Å². The van der Waals surface area contributed by atoms with Gasteiger partial charge in [-0.15, -0.1) is 18.2 Å². The maximum absolute atomic E-state index is 14.6. The minimum Gasteiger partial charge on any atom is -0.479 e. The van der Waals surface area contributed by atoms with Crippen LogP contribution in [0.3, 0.4) is 0 Å². The zero-order valence-corrected chi connectivity index (χ0v) is 16.1. The summed E-state index contributed by atoms with van der Waals surface area (Å²) in [6.07, 6.45) is 5.18. The van der Waals surface area contributed by atoms with Gasteiger partial charge < -0.3 is 9.15 Å². The second kappa shape index (κ2) is 7.59. The molecule has 25 heavy (non-hydrogen) atoms. The molecule has 0 atom stereocenters. The molecule has 0 saturated carbocycles. The number of aromatic nitrogens is 1. The maximum atomic E-state index is 14.6. The van der Waals surface area contributed by atoms with Crippen molar-refractivity contribution in [2.45, 2.75) is 38.1 Å². The molecule has 2 aromatic rings. The predicted molar refractivity (Wildman–Crippen MR) is 98.7 cm³/mol. The first-order valence-electron chi connectivity index (χ1n) is 7.65. The number of nitrogens with zero attached hydrogens (tertiary/aromatic N) is 1. The summed E-state index contributed by atoms with van der Waals surface area (Å²) in [6, 6.07) is 2.46. The van der Waals surface area contributed by atoms with E-state index in [1.807, 2.05) is 27.7 Å². The van der Waals surface area contributed by atoms with E-state index in [0.717, 1.165) is 6.07 Å². The minimum atomic E-state index is -0.662. The first-order valence-corrected chi connectivity index (χ1v) is 9.01. The Kier molecular flexibility index (Phi) is 5.91. The third-order valence-corrected chi connectivity index (χ3v) is 4.51. The van der Waals surface area contributed by atoms with Gasteiger partial charge in [0.2, 0.25) is 0 Å². The van der Waals surface area contributed by atoms with Crippen LogP contribution in [0.4, 0.5) is 4.39 Å². The third-order valence-electron chi connectivity index (χ3n) is 3.28. The molecular formula is C18H19ClFNO3S. The molecule has 0 saturated heterocycles. The highest BCUT2D eigenvalue weighted by Crippen LogP contribution is 2.36. The molecule has 134 valence electrons. The summed E-state index contributed by atoms with van der Waals surface area (Å²) < 4.78 is 26.5. The predicted octanol–water partition coefficient (Wildman–Crippen LogP) is 4.64. The first-order chi connectivity index (χ1) is 11.7. The molecule has 0 aliphatic carbocycles. The monoisotopic (exact) mass is 383 g/mol. The van der Waals surface area contributed by atoms with Gasteiger partial charge in [0.25, 0.3) is 0 Å². The van der Waals surface area contributed by atoms with Crippen LogP contribution in [0.5, 0.6) is 5.75 Å². The van der Waals surface area contributed by atoms with Crippen LogP contribution in [-0.4, -0.2) is 16.9 Å². The van der Waals surface area contributed by atoms with Gasteiger partial charge in [-0.3, -0.25) is 0 Å². The minimum absolute atomic E-state index is 0.0108. The van der Waals surface area contributed by atoms with E-state index in [0.29, 0.717) is 16.5 Å². The summed E-state index contributed by atoms with van der Waals surface area (Å²) in [5.41, 5.74) is -0.398. The summed E-state index contributed by atoms with van der Waals surface area (Å²) in [7, 11) is 0. The van der Waals surface area contributed by atoms with Crippen LogP contribution >= 0.6 is 23.4 Å². The molecule has 0 radical (unpaired) electrons. The summed E-state index contributed by atoms with van der Waals surface area (Å²) >= 11 is 7.40. The van der Waals surface area contributed by atoms with E-state index in [4.69, 9.17) is 27.2 Å². The molecule has 1 aromatic carbocycles. The molecule has 0 spiro atoms. The maximum Gasteiger partial charge on any atom is 0.424 e. The Bertz CT molecular complexity index is 874. The summed E-state index contributed by atoms with van der Waals surface area (Å²) in [5, 5.41) is 0.637. The number of terminal acetylenes is 1. The lowest BCUT2D eigenvalue weighted by Gasteiger charge is -2.17. The van der Waals surface area contributed by atoms with Crippen LogP contribution in [0.25, 0.3) is 5.69 Å². The van der Waals surface area contributed by atoms with Gasteiger partial charge in [0.05, 0.1) is 10.7 Å². The van der Waals surface area contributed by atoms with E-state index < -0.39 is 17.0 Å². The fraction of sp³-hybridized carbons (Fsp3) is 0.389. The van der Waals surface area contributed by atoms with E-state index in [9.17, 15) is 9.18 Å². The normalized spacial score (nSPS) is 11.4. The molecule has 1 heterocycles. The number of thioether (sulfide) groups is 1. The second-order valence-electron chi connectivity index (χ2n) is 6.25. The highest BCUT2D eigenvalue weighted by molar-refractivity contribution is 7.99. The smallest absolute Gasteiger partial charge is 0.424 e. The molecule has 0 aliphatic heterocycles. The Morgan fingerprint density at radius 3 is 2.68 bits per heavy atom. The second-order valence-corrected chi connectivity index (χ2v) is 7.91. The Morgan fingerprint density at radius 2 is 2.12 bits per heavy atom. The number of benzene rings is 1. The molecule has 0 aliphatic rings. The summed E-state index contributed by atoms with van der Waals surface area (Å²) in [6.45, 7) is 7.70. The van der Waals surface area contributed by atoms with Gasteiger partial charge in [0.15, 0.2) is 0 Å². The zero-order chi connectivity index (χ0) is 18.8.